The molecule has 0 aromatic carbocycles. The molecule has 1 saturated carbocycles. The van der Waals surface area contributed by atoms with Crippen molar-refractivity contribution in [1.29, 1.82) is 0 Å². The Morgan fingerprint density at radius 2 is 1.56 bits per heavy atom. The molecule has 0 bridgehead atoms. The minimum atomic E-state index is 0.887. The van der Waals surface area contributed by atoms with Gasteiger partial charge in [-0.25, -0.2) is 0 Å². The predicted molar refractivity (Wildman–Crippen MR) is 82.0 cm³/mol. The molecule has 0 radical (unpaired) electrons. The van der Waals surface area contributed by atoms with Gasteiger partial charge in [0.25, 0.3) is 0 Å². The van der Waals surface area contributed by atoms with Gasteiger partial charge < -0.3 is 5.32 Å². The van der Waals surface area contributed by atoms with Crippen LogP contribution in [0, 0.1) is 11.8 Å². The Morgan fingerprint density at radius 1 is 0.889 bits per heavy atom. The number of hydrogen-bond acceptors (Lipinski definition) is 1. The van der Waals surface area contributed by atoms with Gasteiger partial charge in [-0.05, 0) is 44.2 Å². The lowest BCUT2D eigenvalue weighted by atomic mass is 10.0. The van der Waals surface area contributed by atoms with Crippen molar-refractivity contribution >= 4 is 0 Å². The van der Waals surface area contributed by atoms with Crippen LogP contribution in [0.3, 0.4) is 0 Å². The summed E-state index contributed by atoms with van der Waals surface area (Å²) >= 11 is 0. The van der Waals surface area contributed by atoms with Crippen LogP contribution in [0.1, 0.15) is 84.5 Å². The van der Waals surface area contributed by atoms with Gasteiger partial charge in [0.15, 0.2) is 0 Å². The van der Waals surface area contributed by atoms with Crippen LogP contribution in [-0.2, 0) is 0 Å². The highest BCUT2D eigenvalue weighted by molar-refractivity contribution is 4.66. The van der Waals surface area contributed by atoms with E-state index in [-0.39, 0.29) is 0 Å². The zero-order chi connectivity index (χ0) is 13.1. The Morgan fingerprint density at radius 3 is 2.22 bits per heavy atom. The van der Waals surface area contributed by atoms with Gasteiger partial charge in [-0.3, -0.25) is 0 Å². The van der Waals surface area contributed by atoms with Crippen LogP contribution in [0.25, 0.3) is 0 Å². The number of nitrogens with one attached hydrogen (secondary N) is 1. The van der Waals surface area contributed by atoms with E-state index in [1.165, 1.54) is 83.7 Å². The van der Waals surface area contributed by atoms with Crippen molar-refractivity contribution in [3.05, 3.63) is 0 Å². The van der Waals surface area contributed by atoms with Crippen molar-refractivity contribution in [1.82, 2.24) is 5.32 Å². The van der Waals surface area contributed by atoms with Crippen LogP contribution in [0.15, 0.2) is 0 Å². The second kappa shape index (κ2) is 10.8. The molecule has 0 aromatic heterocycles. The van der Waals surface area contributed by atoms with E-state index in [2.05, 4.69) is 19.2 Å². The summed E-state index contributed by atoms with van der Waals surface area (Å²) in [6, 6.07) is 0. The van der Waals surface area contributed by atoms with Crippen molar-refractivity contribution in [2.45, 2.75) is 84.5 Å². The van der Waals surface area contributed by atoms with Crippen LogP contribution in [0.2, 0.25) is 0 Å². The lowest BCUT2D eigenvalue weighted by Crippen LogP contribution is -2.23. The van der Waals surface area contributed by atoms with Gasteiger partial charge in [0.2, 0.25) is 0 Å². The van der Waals surface area contributed by atoms with Gasteiger partial charge in [-0.1, -0.05) is 65.2 Å². The maximum Gasteiger partial charge on any atom is -0.00205 e. The molecule has 1 N–H and O–H groups in total. The van der Waals surface area contributed by atoms with E-state index in [1.807, 2.05) is 0 Å². The second-order valence-corrected chi connectivity index (χ2v) is 6.66. The third-order valence-corrected chi connectivity index (χ3v) is 4.29. The number of hydrogen-bond donors (Lipinski definition) is 1. The van der Waals surface area contributed by atoms with Crippen LogP contribution in [-0.4, -0.2) is 13.1 Å². The smallest absolute Gasteiger partial charge is 0.00205 e. The molecule has 0 heterocycles. The predicted octanol–water partition coefficient (Wildman–Crippen LogP) is 5.15. The molecule has 0 unspecified atom stereocenters. The van der Waals surface area contributed by atoms with Gasteiger partial charge in [0.1, 0.15) is 0 Å². The van der Waals surface area contributed by atoms with Gasteiger partial charge in [-0.15, -0.1) is 0 Å². The summed E-state index contributed by atoms with van der Waals surface area (Å²) in [6.45, 7) is 7.19. The molecule has 18 heavy (non-hydrogen) atoms. The lowest BCUT2D eigenvalue weighted by molar-refractivity contribution is 0.420. The van der Waals surface area contributed by atoms with E-state index in [1.54, 1.807) is 0 Å². The summed E-state index contributed by atoms with van der Waals surface area (Å²) < 4.78 is 0. The summed E-state index contributed by atoms with van der Waals surface area (Å²) in [5.41, 5.74) is 0. The third kappa shape index (κ3) is 8.97. The maximum atomic E-state index is 3.68. The maximum absolute atomic E-state index is 3.68. The monoisotopic (exact) mass is 253 g/mol. The molecule has 1 aliphatic carbocycles. The minimum absolute atomic E-state index is 0.887. The topological polar surface area (TPSA) is 12.0 Å². The van der Waals surface area contributed by atoms with Gasteiger partial charge in [0, 0.05) is 0 Å². The summed E-state index contributed by atoms with van der Waals surface area (Å²) in [5, 5.41) is 3.68. The van der Waals surface area contributed by atoms with E-state index in [4.69, 9.17) is 0 Å². The van der Waals surface area contributed by atoms with E-state index in [0.29, 0.717) is 0 Å². The molecule has 1 fully saturated rings. The van der Waals surface area contributed by atoms with Gasteiger partial charge >= 0.3 is 0 Å². The first-order valence-electron chi connectivity index (χ1n) is 8.49. The molecule has 1 aliphatic rings. The molecule has 0 aromatic rings. The van der Waals surface area contributed by atoms with Crippen molar-refractivity contribution in [3.8, 4) is 0 Å². The lowest BCUT2D eigenvalue weighted by Gasteiger charge is -2.14. The fourth-order valence-corrected chi connectivity index (χ4v) is 3.03. The molecular weight excluding hydrogens is 218 g/mol. The summed E-state index contributed by atoms with van der Waals surface area (Å²) in [5.74, 6) is 1.87. The fourth-order valence-electron chi connectivity index (χ4n) is 3.03. The molecule has 0 amide bonds. The zero-order valence-electron chi connectivity index (χ0n) is 12.8. The highest BCUT2D eigenvalue weighted by atomic mass is 14.8. The molecule has 1 heteroatoms. The summed E-state index contributed by atoms with van der Waals surface area (Å²) in [6.07, 6.45) is 15.9. The molecule has 0 aliphatic heterocycles. The molecular formula is C17H35N. The Hall–Kier alpha value is -0.0400. The third-order valence-electron chi connectivity index (χ3n) is 4.29. The molecule has 1 nitrogen and oxygen atoms in total. The first kappa shape index (κ1) is 16.0. The Bertz CT molecular complexity index is 168. The average Bonchev–Trinajstić information content (AvgIpc) is 2.61. The largest absolute Gasteiger partial charge is 0.316 e. The van der Waals surface area contributed by atoms with Crippen molar-refractivity contribution < 1.29 is 0 Å². The van der Waals surface area contributed by atoms with Crippen molar-refractivity contribution in [2.75, 3.05) is 13.1 Å². The highest BCUT2D eigenvalue weighted by Crippen LogP contribution is 2.22. The van der Waals surface area contributed by atoms with E-state index in [9.17, 15) is 0 Å². The van der Waals surface area contributed by atoms with E-state index >= 15 is 0 Å². The summed E-state index contributed by atoms with van der Waals surface area (Å²) in [4.78, 5) is 0. The Kier molecular flexibility index (Phi) is 9.65. The average molecular weight is 253 g/mol. The van der Waals surface area contributed by atoms with Crippen molar-refractivity contribution in [3.63, 3.8) is 0 Å². The normalized spacial score (nSPS) is 18.2. The molecule has 0 spiro atoms. The van der Waals surface area contributed by atoms with Crippen LogP contribution < -0.4 is 5.32 Å². The molecule has 1 rings (SSSR count). The first-order chi connectivity index (χ1) is 8.79. The Labute approximate surface area is 115 Å². The van der Waals surface area contributed by atoms with E-state index < -0.39 is 0 Å². The minimum Gasteiger partial charge on any atom is -0.316 e. The highest BCUT2D eigenvalue weighted by Gasteiger charge is 2.11. The van der Waals surface area contributed by atoms with Gasteiger partial charge in [-0.2, -0.15) is 0 Å². The molecule has 0 atom stereocenters. The van der Waals surface area contributed by atoms with Gasteiger partial charge in [0.05, 0.1) is 0 Å². The Balaban J connectivity index is 1.83. The quantitative estimate of drug-likeness (QED) is 0.442. The summed E-state index contributed by atoms with van der Waals surface area (Å²) in [7, 11) is 0. The standard InChI is InChI=1S/C17H35N/c1-16(2)11-7-5-6-10-14-18-15-17-12-8-3-4-9-13-17/h16-18H,3-15H2,1-2H3. The second-order valence-electron chi connectivity index (χ2n) is 6.66. The van der Waals surface area contributed by atoms with Crippen molar-refractivity contribution in [2.24, 2.45) is 11.8 Å². The van der Waals surface area contributed by atoms with E-state index in [0.717, 1.165) is 11.8 Å². The van der Waals surface area contributed by atoms with Crippen LogP contribution in [0.4, 0.5) is 0 Å². The van der Waals surface area contributed by atoms with Crippen LogP contribution in [0.5, 0.6) is 0 Å². The fraction of sp³-hybridized carbons (Fsp3) is 1.00. The number of rotatable bonds is 9. The number of unbranched alkanes of at least 4 members (excludes halogenated alkanes) is 3. The molecule has 108 valence electrons. The first-order valence-corrected chi connectivity index (χ1v) is 8.49. The SMILES string of the molecule is CC(C)CCCCCCNCC1CCCCCC1. The van der Waals surface area contributed by atoms with Crippen LogP contribution >= 0.6 is 0 Å². The zero-order valence-corrected chi connectivity index (χ0v) is 12.8. The molecule has 0 saturated heterocycles.